The van der Waals surface area contributed by atoms with Crippen LogP contribution in [0, 0.1) is 6.92 Å². The number of halogens is 1. The fourth-order valence-electron chi connectivity index (χ4n) is 3.70. The fraction of sp³-hybridized carbons (Fsp3) is 0.286. The summed E-state index contributed by atoms with van der Waals surface area (Å²) in [5.74, 6) is 0.451. The van der Waals surface area contributed by atoms with E-state index in [4.69, 9.17) is 16.3 Å². The Bertz CT molecular complexity index is 1050. The van der Waals surface area contributed by atoms with Crippen molar-refractivity contribution >= 4 is 23.4 Å². The number of rotatable bonds is 11. The number of hydrogen-bond acceptors (Lipinski definition) is 3. The molecule has 1 N–H and O–H groups in total. The van der Waals surface area contributed by atoms with Crippen molar-refractivity contribution in [3.63, 3.8) is 0 Å². The Kier molecular flexibility index (Phi) is 9.53. The normalized spacial score (nSPS) is 11.5. The van der Waals surface area contributed by atoms with E-state index in [-0.39, 0.29) is 18.2 Å². The van der Waals surface area contributed by atoms with Crippen LogP contribution in [0.15, 0.2) is 78.9 Å². The SMILES string of the molecule is CNC(=O)[C@H](Cc1ccccc1)N(Cc1ccc(C)cc1)C(=O)CCCOc1ccc(Cl)cc1. The van der Waals surface area contributed by atoms with E-state index in [1.54, 1.807) is 36.2 Å². The van der Waals surface area contributed by atoms with Gasteiger partial charge in [0.05, 0.1) is 6.61 Å². The Morgan fingerprint density at radius 1 is 0.941 bits per heavy atom. The number of amides is 2. The number of aryl methyl sites for hydroxylation is 1. The van der Waals surface area contributed by atoms with Crippen molar-refractivity contribution in [1.29, 1.82) is 0 Å². The van der Waals surface area contributed by atoms with Crippen molar-refractivity contribution in [1.82, 2.24) is 10.2 Å². The van der Waals surface area contributed by atoms with Crippen LogP contribution in [0.25, 0.3) is 0 Å². The summed E-state index contributed by atoms with van der Waals surface area (Å²) in [6.07, 6.45) is 1.26. The van der Waals surface area contributed by atoms with E-state index in [1.807, 2.05) is 61.5 Å². The second-order valence-electron chi connectivity index (χ2n) is 8.23. The molecule has 0 spiro atoms. The van der Waals surface area contributed by atoms with E-state index in [0.717, 1.165) is 16.7 Å². The van der Waals surface area contributed by atoms with Gasteiger partial charge in [-0.1, -0.05) is 71.8 Å². The van der Waals surface area contributed by atoms with Crippen LogP contribution in [0.5, 0.6) is 5.75 Å². The summed E-state index contributed by atoms with van der Waals surface area (Å²) in [7, 11) is 1.61. The Labute approximate surface area is 206 Å². The minimum absolute atomic E-state index is 0.0789. The minimum atomic E-state index is -0.613. The quantitative estimate of drug-likeness (QED) is 0.386. The summed E-state index contributed by atoms with van der Waals surface area (Å²) in [5, 5.41) is 3.39. The van der Waals surface area contributed by atoms with Gasteiger partial charge in [-0.3, -0.25) is 9.59 Å². The van der Waals surface area contributed by atoms with Gasteiger partial charge in [0.2, 0.25) is 11.8 Å². The molecule has 2 amide bonds. The predicted octanol–water partition coefficient (Wildman–Crippen LogP) is 5.19. The standard InChI is InChI=1S/C28H31ClN2O3/c1-21-10-12-23(13-11-21)20-31(26(28(33)30-2)19-22-7-4-3-5-8-22)27(32)9-6-18-34-25-16-14-24(29)15-17-25/h3-5,7-8,10-17,26H,6,9,18-20H2,1-2H3,(H,30,33)/t26-/m0/s1. The Balaban J connectivity index is 1.73. The van der Waals surface area contributed by atoms with Crippen molar-refractivity contribution in [2.75, 3.05) is 13.7 Å². The molecule has 0 aliphatic heterocycles. The molecule has 0 aromatic heterocycles. The monoisotopic (exact) mass is 478 g/mol. The molecule has 5 nitrogen and oxygen atoms in total. The van der Waals surface area contributed by atoms with Crippen LogP contribution in [0.3, 0.4) is 0 Å². The van der Waals surface area contributed by atoms with Gasteiger partial charge in [-0.2, -0.15) is 0 Å². The summed E-state index contributed by atoms with van der Waals surface area (Å²) in [5.41, 5.74) is 3.13. The van der Waals surface area contributed by atoms with Crippen molar-refractivity contribution < 1.29 is 14.3 Å². The summed E-state index contributed by atoms with van der Waals surface area (Å²) in [4.78, 5) is 28.0. The van der Waals surface area contributed by atoms with E-state index in [9.17, 15) is 9.59 Å². The summed E-state index contributed by atoms with van der Waals surface area (Å²) < 4.78 is 5.74. The first-order chi connectivity index (χ1) is 16.5. The number of carbonyl (C=O) groups excluding carboxylic acids is 2. The van der Waals surface area contributed by atoms with Crippen LogP contribution in [0.1, 0.15) is 29.5 Å². The highest BCUT2D eigenvalue weighted by Crippen LogP contribution is 2.18. The van der Waals surface area contributed by atoms with Gasteiger partial charge in [0.1, 0.15) is 11.8 Å². The maximum atomic E-state index is 13.4. The van der Waals surface area contributed by atoms with Gasteiger partial charge in [0.25, 0.3) is 0 Å². The van der Waals surface area contributed by atoms with E-state index in [1.165, 1.54) is 0 Å². The zero-order valence-corrected chi connectivity index (χ0v) is 20.4. The summed E-state index contributed by atoms with van der Waals surface area (Å²) >= 11 is 5.91. The van der Waals surface area contributed by atoms with Gasteiger partial charge < -0.3 is 15.0 Å². The Hall–Kier alpha value is -3.31. The van der Waals surface area contributed by atoms with Crippen LogP contribution < -0.4 is 10.1 Å². The number of nitrogens with zero attached hydrogens (tertiary/aromatic N) is 1. The lowest BCUT2D eigenvalue weighted by molar-refractivity contribution is -0.141. The van der Waals surface area contributed by atoms with Gasteiger partial charge in [0, 0.05) is 31.5 Å². The number of ether oxygens (including phenoxy) is 1. The summed E-state index contributed by atoms with van der Waals surface area (Å²) in [6, 6.07) is 24.3. The molecule has 3 aromatic rings. The van der Waals surface area contributed by atoms with E-state index >= 15 is 0 Å². The molecule has 0 saturated heterocycles. The van der Waals surface area contributed by atoms with Gasteiger partial charge in [-0.25, -0.2) is 0 Å². The van der Waals surface area contributed by atoms with Crippen LogP contribution in [0.4, 0.5) is 0 Å². The van der Waals surface area contributed by atoms with E-state index < -0.39 is 6.04 Å². The van der Waals surface area contributed by atoms with Crippen LogP contribution >= 0.6 is 11.6 Å². The first-order valence-electron chi connectivity index (χ1n) is 11.4. The van der Waals surface area contributed by atoms with Crippen LogP contribution in [0.2, 0.25) is 5.02 Å². The third-order valence-corrected chi connectivity index (χ3v) is 5.86. The highest BCUT2D eigenvalue weighted by atomic mass is 35.5. The highest BCUT2D eigenvalue weighted by molar-refractivity contribution is 6.30. The van der Waals surface area contributed by atoms with Crippen LogP contribution in [-0.4, -0.2) is 36.4 Å². The second kappa shape index (κ2) is 12.8. The first kappa shape index (κ1) is 25.3. The van der Waals surface area contributed by atoms with Crippen molar-refractivity contribution in [2.24, 2.45) is 0 Å². The van der Waals surface area contributed by atoms with Gasteiger partial charge >= 0.3 is 0 Å². The molecule has 0 heterocycles. The average Bonchev–Trinajstić information content (AvgIpc) is 2.86. The molecule has 0 radical (unpaired) electrons. The van der Waals surface area contributed by atoms with Crippen molar-refractivity contribution in [3.05, 3.63) is 101 Å². The molecule has 3 aromatic carbocycles. The topological polar surface area (TPSA) is 58.6 Å². The maximum absolute atomic E-state index is 13.4. The third kappa shape index (κ3) is 7.63. The molecule has 0 unspecified atom stereocenters. The van der Waals surface area contributed by atoms with E-state index in [0.29, 0.717) is 36.8 Å². The highest BCUT2D eigenvalue weighted by Gasteiger charge is 2.29. The number of hydrogen-bond donors (Lipinski definition) is 1. The molecule has 0 aliphatic carbocycles. The lowest BCUT2D eigenvalue weighted by Gasteiger charge is -2.31. The summed E-state index contributed by atoms with van der Waals surface area (Å²) in [6.45, 7) is 2.78. The Morgan fingerprint density at radius 2 is 1.62 bits per heavy atom. The number of benzene rings is 3. The smallest absolute Gasteiger partial charge is 0.242 e. The molecule has 0 saturated carbocycles. The number of carbonyl (C=O) groups is 2. The first-order valence-corrected chi connectivity index (χ1v) is 11.8. The molecule has 1 atom stereocenters. The zero-order chi connectivity index (χ0) is 24.3. The second-order valence-corrected chi connectivity index (χ2v) is 8.67. The van der Waals surface area contributed by atoms with Gasteiger partial charge in [0.15, 0.2) is 0 Å². The molecular formula is C28H31ClN2O3. The molecule has 6 heteroatoms. The molecular weight excluding hydrogens is 448 g/mol. The maximum Gasteiger partial charge on any atom is 0.242 e. The molecule has 0 aliphatic rings. The molecule has 3 rings (SSSR count). The van der Waals surface area contributed by atoms with Crippen molar-refractivity contribution in [3.8, 4) is 5.75 Å². The van der Waals surface area contributed by atoms with Crippen molar-refractivity contribution in [2.45, 2.75) is 38.8 Å². The molecule has 0 bridgehead atoms. The lowest BCUT2D eigenvalue weighted by Crippen LogP contribution is -2.49. The van der Waals surface area contributed by atoms with E-state index in [2.05, 4.69) is 5.32 Å². The Morgan fingerprint density at radius 3 is 2.26 bits per heavy atom. The lowest BCUT2D eigenvalue weighted by atomic mass is 10.0. The fourth-order valence-corrected chi connectivity index (χ4v) is 3.82. The molecule has 178 valence electrons. The zero-order valence-electron chi connectivity index (χ0n) is 19.7. The predicted molar refractivity (Wildman–Crippen MR) is 136 cm³/mol. The van der Waals surface area contributed by atoms with Crippen LogP contribution in [-0.2, 0) is 22.6 Å². The molecule has 0 fully saturated rings. The number of likely N-dealkylation sites (N-methyl/N-ethyl adjacent to an activating group) is 1. The minimum Gasteiger partial charge on any atom is -0.494 e. The average molecular weight is 479 g/mol. The third-order valence-electron chi connectivity index (χ3n) is 5.61. The van der Waals surface area contributed by atoms with Gasteiger partial charge in [-0.15, -0.1) is 0 Å². The van der Waals surface area contributed by atoms with Gasteiger partial charge in [-0.05, 0) is 48.7 Å². The largest absolute Gasteiger partial charge is 0.494 e. The molecule has 34 heavy (non-hydrogen) atoms. The number of nitrogens with one attached hydrogen (secondary N) is 1.